The number of aliphatic hydroxyl groups is 1. The van der Waals surface area contributed by atoms with Crippen molar-refractivity contribution in [2.24, 2.45) is 5.92 Å². The monoisotopic (exact) mass is 335 g/mol. The van der Waals surface area contributed by atoms with E-state index in [1.54, 1.807) is 11.3 Å². The van der Waals surface area contributed by atoms with E-state index in [4.69, 9.17) is 0 Å². The maximum absolute atomic E-state index is 13.1. The molecular formula is C17H18FNO3S. The molecule has 3 atom stereocenters. The number of nitrogens with zero attached hydrogens (tertiary/aromatic N) is 1. The first-order valence-electron chi connectivity index (χ1n) is 7.45. The molecule has 4 nitrogen and oxygen atoms in total. The molecule has 2 N–H and O–H groups in total. The highest BCUT2D eigenvalue weighted by atomic mass is 32.1. The summed E-state index contributed by atoms with van der Waals surface area (Å²) in [5, 5.41) is 23.3. The van der Waals surface area contributed by atoms with Gasteiger partial charge >= 0.3 is 5.97 Å². The molecule has 0 aliphatic carbocycles. The molecule has 0 saturated carbocycles. The van der Waals surface area contributed by atoms with Crippen LogP contribution in [0.2, 0.25) is 0 Å². The Morgan fingerprint density at radius 1 is 1.30 bits per heavy atom. The minimum Gasteiger partial charge on any atom is -0.480 e. The van der Waals surface area contributed by atoms with Crippen LogP contribution in [-0.2, 0) is 4.79 Å². The van der Waals surface area contributed by atoms with Crippen molar-refractivity contribution in [2.75, 3.05) is 19.7 Å². The number of carbonyl (C=O) groups is 1. The molecule has 1 unspecified atom stereocenters. The highest BCUT2D eigenvalue weighted by Gasteiger charge is 2.39. The average molecular weight is 335 g/mol. The van der Waals surface area contributed by atoms with Gasteiger partial charge < -0.3 is 10.2 Å². The molecule has 1 saturated heterocycles. The summed E-state index contributed by atoms with van der Waals surface area (Å²) in [5.74, 6) is -1.22. The van der Waals surface area contributed by atoms with Crippen LogP contribution in [0.5, 0.6) is 0 Å². The van der Waals surface area contributed by atoms with Crippen molar-refractivity contribution >= 4 is 17.3 Å². The Kier molecular flexibility index (Phi) is 4.75. The van der Waals surface area contributed by atoms with Crippen molar-refractivity contribution < 1.29 is 19.4 Å². The molecular weight excluding hydrogens is 317 g/mol. The van der Waals surface area contributed by atoms with Gasteiger partial charge in [-0.05, 0) is 40.1 Å². The van der Waals surface area contributed by atoms with Gasteiger partial charge in [-0.15, -0.1) is 0 Å². The fourth-order valence-corrected chi connectivity index (χ4v) is 4.04. The van der Waals surface area contributed by atoms with Crippen LogP contribution in [0.15, 0.2) is 41.1 Å². The minimum atomic E-state index is -0.959. The van der Waals surface area contributed by atoms with E-state index in [0.717, 1.165) is 5.56 Å². The number of rotatable bonds is 5. The van der Waals surface area contributed by atoms with Crippen LogP contribution in [0.1, 0.15) is 23.1 Å². The molecule has 0 bridgehead atoms. The van der Waals surface area contributed by atoms with Crippen molar-refractivity contribution in [3.8, 4) is 0 Å². The Hall–Kier alpha value is -1.76. The standard InChI is InChI=1S/C17H18FNO3S/c18-14-3-1-11(2-4-14)16(17(21)22)19-7-13(9-20)15(8-19)12-5-6-23-10-12/h1-6,10,13,15-16,20H,7-9H2,(H,21,22)/t13-,15-,16?/m0/s1. The summed E-state index contributed by atoms with van der Waals surface area (Å²) in [7, 11) is 0. The van der Waals surface area contributed by atoms with Crippen molar-refractivity contribution in [3.05, 3.63) is 58.0 Å². The van der Waals surface area contributed by atoms with E-state index in [1.165, 1.54) is 24.3 Å². The lowest BCUT2D eigenvalue weighted by atomic mass is 9.91. The molecule has 1 fully saturated rings. The third kappa shape index (κ3) is 3.29. The van der Waals surface area contributed by atoms with Crippen LogP contribution < -0.4 is 0 Å². The van der Waals surface area contributed by atoms with Gasteiger partial charge in [-0.1, -0.05) is 12.1 Å². The van der Waals surface area contributed by atoms with Crippen molar-refractivity contribution in [1.82, 2.24) is 4.90 Å². The lowest BCUT2D eigenvalue weighted by Crippen LogP contribution is -2.32. The fourth-order valence-electron chi connectivity index (χ4n) is 3.32. The zero-order valence-corrected chi connectivity index (χ0v) is 13.2. The zero-order valence-electron chi connectivity index (χ0n) is 12.4. The van der Waals surface area contributed by atoms with Crippen LogP contribution in [0, 0.1) is 11.7 Å². The number of carboxylic acid groups (broad SMARTS) is 1. The van der Waals surface area contributed by atoms with Gasteiger partial charge in [-0.2, -0.15) is 11.3 Å². The molecule has 0 radical (unpaired) electrons. The van der Waals surface area contributed by atoms with Gasteiger partial charge in [-0.25, -0.2) is 4.39 Å². The zero-order chi connectivity index (χ0) is 16.4. The molecule has 2 heterocycles. The van der Waals surface area contributed by atoms with Crippen LogP contribution in [-0.4, -0.2) is 40.8 Å². The SMILES string of the molecule is O=C(O)C(c1ccc(F)cc1)N1C[C@@H](CO)[C@H](c2ccsc2)C1. The van der Waals surface area contributed by atoms with Crippen LogP contribution in [0.3, 0.4) is 0 Å². The summed E-state index contributed by atoms with van der Waals surface area (Å²) in [5.41, 5.74) is 1.70. The number of halogens is 1. The summed E-state index contributed by atoms with van der Waals surface area (Å²) in [4.78, 5) is 13.6. The molecule has 6 heteroatoms. The van der Waals surface area contributed by atoms with Crippen LogP contribution >= 0.6 is 11.3 Å². The quantitative estimate of drug-likeness (QED) is 0.882. The third-order valence-electron chi connectivity index (χ3n) is 4.46. The van der Waals surface area contributed by atoms with Gasteiger partial charge in [0.15, 0.2) is 0 Å². The number of benzene rings is 1. The number of thiophene rings is 1. The Balaban J connectivity index is 1.86. The Morgan fingerprint density at radius 3 is 2.61 bits per heavy atom. The van der Waals surface area contributed by atoms with Gasteiger partial charge in [0.05, 0.1) is 0 Å². The molecule has 2 aromatic rings. The lowest BCUT2D eigenvalue weighted by molar-refractivity contribution is -0.143. The van der Waals surface area contributed by atoms with Crippen LogP contribution in [0.25, 0.3) is 0 Å². The number of aliphatic hydroxyl groups excluding tert-OH is 1. The Labute approximate surface area is 137 Å². The summed E-state index contributed by atoms with van der Waals surface area (Å²) in [6.07, 6.45) is 0. The topological polar surface area (TPSA) is 60.8 Å². The van der Waals surface area contributed by atoms with Crippen LogP contribution in [0.4, 0.5) is 4.39 Å². The first-order chi connectivity index (χ1) is 11.1. The number of hydrogen-bond donors (Lipinski definition) is 2. The van der Waals surface area contributed by atoms with Gasteiger partial charge in [0, 0.05) is 31.5 Å². The summed E-state index contributed by atoms with van der Waals surface area (Å²) in [6.45, 7) is 1.09. The van der Waals surface area contributed by atoms with E-state index in [2.05, 4.69) is 0 Å². The molecule has 0 spiro atoms. The smallest absolute Gasteiger partial charge is 0.325 e. The molecule has 1 aromatic heterocycles. The summed E-state index contributed by atoms with van der Waals surface area (Å²) < 4.78 is 13.1. The normalized spacial score (nSPS) is 23.0. The van der Waals surface area contributed by atoms with Gasteiger partial charge in [0.2, 0.25) is 0 Å². The first-order valence-corrected chi connectivity index (χ1v) is 8.39. The van der Waals surface area contributed by atoms with Gasteiger partial charge in [-0.3, -0.25) is 9.69 Å². The third-order valence-corrected chi connectivity index (χ3v) is 5.16. The fraction of sp³-hybridized carbons (Fsp3) is 0.353. The first kappa shape index (κ1) is 16.1. The van der Waals surface area contributed by atoms with Crippen molar-refractivity contribution in [2.45, 2.75) is 12.0 Å². The largest absolute Gasteiger partial charge is 0.480 e. The molecule has 23 heavy (non-hydrogen) atoms. The second-order valence-corrected chi connectivity index (χ2v) is 6.63. The predicted octanol–water partition coefficient (Wildman–Crippen LogP) is 2.72. The number of aliphatic carboxylic acids is 1. The summed E-state index contributed by atoms with van der Waals surface area (Å²) in [6, 6.07) is 6.78. The number of hydrogen-bond acceptors (Lipinski definition) is 4. The van der Waals surface area contributed by atoms with E-state index >= 15 is 0 Å². The Morgan fingerprint density at radius 2 is 2.04 bits per heavy atom. The summed E-state index contributed by atoms with van der Waals surface area (Å²) >= 11 is 1.59. The van der Waals surface area contributed by atoms with E-state index < -0.39 is 12.0 Å². The van der Waals surface area contributed by atoms with Crippen molar-refractivity contribution in [1.29, 1.82) is 0 Å². The second kappa shape index (κ2) is 6.78. The molecule has 1 aromatic carbocycles. The molecule has 0 amide bonds. The maximum atomic E-state index is 13.1. The van der Waals surface area contributed by atoms with E-state index in [0.29, 0.717) is 18.7 Å². The number of likely N-dealkylation sites (tertiary alicyclic amines) is 1. The van der Waals surface area contributed by atoms with Gasteiger partial charge in [0.1, 0.15) is 11.9 Å². The minimum absolute atomic E-state index is 0.00639. The highest BCUT2D eigenvalue weighted by molar-refractivity contribution is 7.08. The average Bonchev–Trinajstić information content (AvgIpc) is 3.18. The van der Waals surface area contributed by atoms with Gasteiger partial charge in [0.25, 0.3) is 0 Å². The molecule has 122 valence electrons. The predicted molar refractivity (Wildman–Crippen MR) is 86.0 cm³/mol. The number of carboxylic acids is 1. The molecule has 1 aliphatic rings. The Bertz CT molecular complexity index is 659. The van der Waals surface area contributed by atoms with E-state index in [1.807, 2.05) is 21.7 Å². The van der Waals surface area contributed by atoms with E-state index in [-0.39, 0.29) is 24.3 Å². The lowest BCUT2D eigenvalue weighted by Gasteiger charge is -2.24. The molecule has 3 rings (SSSR count). The van der Waals surface area contributed by atoms with E-state index in [9.17, 15) is 19.4 Å². The maximum Gasteiger partial charge on any atom is 0.325 e. The van der Waals surface area contributed by atoms with Crippen molar-refractivity contribution in [3.63, 3.8) is 0 Å². The second-order valence-electron chi connectivity index (χ2n) is 5.85. The highest BCUT2D eigenvalue weighted by Crippen LogP contribution is 2.37. The molecule has 1 aliphatic heterocycles.